The molecule has 0 saturated carbocycles. The first-order valence-corrected chi connectivity index (χ1v) is 3.86. The lowest BCUT2D eigenvalue weighted by atomic mass is 10.1. The highest BCUT2D eigenvalue weighted by molar-refractivity contribution is 6.30. The van der Waals surface area contributed by atoms with E-state index in [0.717, 1.165) is 0 Å². The fourth-order valence-electron chi connectivity index (χ4n) is 0.886. The molecule has 0 aromatic heterocycles. The molecule has 0 saturated heterocycles. The number of rotatable bonds is 2. The summed E-state index contributed by atoms with van der Waals surface area (Å²) in [4.78, 5) is 0. The molecular weight excluding hydrogens is 178 g/mol. The molecule has 0 bridgehead atoms. The van der Waals surface area contributed by atoms with E-state index in [0.29, 0.717) is 10.6 Å². The van der Waals surface area contributed by atoms with Gasteiger partial charge in [0.05, 0.1) is 6.04 Å². The van der Waals surface area contributed by atoms with Gasteiger partial charge in [-0.25, -0.2) is 0 Å². The fraction of sp³-hybridized carbons (Fsp3) is 0.250. The molecule has 0 fully saturated rings. The van der Waals surface area contributed by atoms with E-state index < -0.39 is 12.3 Å². The summed E-state index contributed by atoms with van der Waals surface area (Å²) in [5, 5.41) is 18.0. The Labute approximate surface area is 75.4 Å². The average molecular weight is 188 g/mol. The third-order valence-corrected chi connectivity index (χ3v) is 1.79. The number of halogens is 1. The molecule has 4 N–H and O–H groups in total. The van der Waals surface area contributed by atoms with Crippen molar-refractivity contribution < 1.29 is 10.2 Å². The van der Waals surface area contributed by atoms with E-state index in [1.807, 2.05) is 0 Å². The van der Waals surface area contributed by atoms with Crippen molar-refractivity contribution in [2.24, 2.45) is 5.73 Å². The quantitative estimate of drug-likeness (QED) is 0.596. The van der Waals surface area contributed by atoms with Gasteiger partial charge in [0.15, 0.2) is 6.29 Å². The first-order chi connectivity index (χ1) is 5.61. The van der Waals surface area contributed by atoms with Crippen LogP contribution in [0.15, 0.2) is 24.3 Å². The number of aliphatic hydroxyl groups is 2. The predicted octanol–water partition coefficient (Wildman–Crippen LogP) is 0.650. The summed E-state index contributed by atoms with van der Waals surface area (Å²) in [6, 6.07) is 5.90. The van der Waals surface area contributed by atoms with Crippen LogP contribution in [0.3, 0.4) is 0 Å². The summed E-state index contributed by atoms with van der Waals surface area (Å²) < 4.78 is 0. The summed E-state index contributed by atoms with van der Waals surface area (Å²) in [7, 11) is 0. The van der Waals surface area contributed by atoms with Crippen LogP contribution in [0.25, 0.3) is 0 Å². The van der Waals surface area contributed by atoms with Gasteiger partial charge in [-0.15, -0.1) is 0 Å². The maximum Gasteiger partial charge on any atom is 0.171 e. The van der Waals surface area contributed by atoms with Crippen molar-refractivity contribution in [1.82, 2.24) is 0 Å². The highest BCUT2D eigenvalue weighted by Gasteiger charge is 2.13. The van der Waals surface area contributed by atoms with Crippen LogP contribution in [-0.4, -0.2) is 16.5 Å². The van der Waals surface area contributed by atoms with Gasteiger partial charge in [-0.05, 0) is 17.7 Å². The zero-order valence-electron chi connectivity index (χ0n) is 6.31. The Bertz CT molecular complexity index is 265. The van der Waals surface area contributed by atoms with Crippen LogP contribution in [0.2, 0.25) is 5.02 Å². The van der Waals surface area contributed by atoms with Gasteiger partial charge >= 0.3 is 0 Å². The van der Waals surface area contributed by atoms with E-state index >= 15 is 0 Å². The maximum atomic E-state index is 8.75. The Kier molecular flexibility index (Phi) is 3.05. The average Bonchev–Trinajstić information content (AvgIpc) is 2.03. The molecule has 1 atom stereocenters. The highest BCUT2D eigenvalue weighted by atomic mass is 35.5. The first-order valence-electron chi connectivity index (χ1n) is 3.48. The molecule has 0 unspecified atom stereocenters. The van der Waals surface area contributed by atoms with Gasteiger partial charge in [0.25, 0.3) is 0 Å². The minimum atomic E-state index is -1.55. The molecule has 0 aliphatic rings. The van der Waals surface area contributed by atoms with Crippen molar-refractivity contribution in [2.75, 3.05) is 0 Å². The zero-order valence-corrected chi connectivity index (χ0v) is 7.07. The summed E-state index contributed by atoms with van der Waals surface area (Å²) in [5.41, 5.74) is 6.06. The molecule has 66 valence electrons. The molecule has 12 heavy (non-hydrogen) atoms. The molecule has 0 radical (unpaired) electrons. The number of hydrogen-bond donors (Lipinski definition) is 3. The second-order valence-electron chi connectivity index (χ2n) is 2.49. The first kappa shape index (κ1) is 9.48. The van der Waals surface area contributed by atoms with Crippen molar-refractivity contribution >= 4 is 11.6 Å². The Hall–Kier alpha value is -0.610. The third kappa shape index (κ3) is 2.19. The summed E-state index contributed by atoms with van der Waals surface area (Å²) in [5.74, 6) is 0. The predicted molar refractivity (Wildman–Crippen MR) is 46.6 cm³/mol. The molecule has 0 heterocycles. The van der Waals surface area contributed by atoms with E-state index in [2.05, 4.69) is 0 Å². The van der Waals surface area contributed by atoms with E-state index in [1.54, 1.807) is 24.3 Å². The van der Waals surface area contributed by atoms with Crippen LogP contribution in [-0.2, 0) is 0 Å². The van der Waals surface area contributed by atoms with Crippen LogP contribution in [0.5, 0.6) is 0 Å². The Morgan fingerprint density at radius 1 is 1.33 bits per heavy atom. The van der Waals surface area contributed by atoms with Crippen molar-refractivity contribution in [3.8, 4) is 0 Å². The van der Waals surface area contributed by atoms with E-state index in [9.17, 15) is 0 Å². The second-order valence-corrected chi connectivity index (χ2v) is 2.93. The lowest BCUT2D eigenvalue weighted by Crippen LogP contribution is -2.25. The molecule has 0 aliphatic carbocycles. The zero-order chi connectivity index (χ0) is 9.14. The molecular formula is C8H10ClNO2. The lowest BCUT2D eigenvalue weighted by molar-refractivity contribution is -0.0589. The molecule has 1 aromatic carbocycles. The van der Waals surface area contributed by atoms with Crippen molar-refractivity contribution in [2.45, 2.75) is 12.3 Å². The minimum absolute atomic E-state index is 0.531. The van der Waals surface area contributed by atoms with E-state index in [-0.39, 0.29) is 0 Å². The third-order valence-electron chi connectivity index (χ3n) is 1.55. The Morgan fingerprint density at radius 2 is 2.00 bits per heavy atom. The SMILES string of the molecule is N[C@@H](c1cccc(Cl)c1)C(O)O. The number of aliphatic hydroxyl groups excluding tert-OH is 1. The maximum absolute atomic E-state index is 8.75. The molecule has 3 nitrogen and oxygen atoms in total. The molecule has 1 aromatic rings. The molecule has 0 amide bonds. The van der Waals surface area contributed by atoms with Crippen LogP contribution < -0.4 is 5.73 Å². The van der Waals surface area contributed by atoms with Gasteiger partial charge in [-0.3, -0.25) is 0 Å². The summed E-state index contributed by atoms with van der Waals surface area (Å²) in [6.45, 7) is 0. The van der Waals surface area contributed by atoms with Crippen molar-refractivity contribution in [3.05, 3.63) is 34.9 Å². The largest absolute Gasteiger partial charge is 0.366 e. The smallest absolute Gasteiger partial charge is 0.171 e. The van der Waals surface area contributed by atoms with Crippen molar-refractivity contribution in [1.29, 1.82) is 0 Å². The van der Waals surface area contributed by atoms with Crippen molar-refractivity contribution in [3.63, 3.8) is 0 Å². The van der Waals surface area contributed by atoms with Gasteiger partial charge in [0.1, 0.15) is 0 Å². The Balaban J connectivity index is 2.88. The van der Waals surface area contributed by atoms with Crippen LogP contribution >= 0.6 is 11.6 Å². The van der Waals surface area contributed by atoms with Gasteiger partial charge in [-0.2, -0.15) is 0 Å². The van der Waals surface area contributed by atoms with Gasteiger partial charge in [-0.1, -0.05) is 23.7 Å². The Morgan fingerprint density at radius 3 is 2.50 bits per heavy atom. The standard InChI is InChI=1S/C8H10ClNO2/c9-6-3-1-2-5(4-6)7(10)8(11)12/h1-4,7-8,11-12H,10H2/t7-/m0/s1. The van der Waals surface area contributed by atoms with Gasteiger partial charge < -0.3 is 15.9 Å². The highest BCUT2D eigenvalue weighted by Crippen LogP contribution is 2.17. The van der Waals surface area contributed by atoms with Gasteiger partial charge in [0, 0.05) is 5.02 Å². The van der Waals surface area contributed by atoms with Crippen LogP contribution in [0.1, 0.15) is 11.6 Å². The van der Waals surface area contributed by atoms with E-state index in [4.69, 9.17) is 27.5 Å². The molecule has 0 aliphatic heterocycles. The molecule has 4 heteroatoms. The molecule has 0 spiro atoms. The summed E-state index contributed by atoms with van der Waals surface area (Å²) in [6.07, 6.45) is -1.55. The normalized spacial score (nSPS) is 13.4. The monoisotopic (exact) mass is 187 g/mol. The van der Waals surface area contributed by atoms with Crippen LogP contribution in [0.4, 0.5) is 0 Å². The van der Waals surface area contributed by atoms with Crippen LogP contribution in [0, 0.1) is 0 Å². The lowest BCUT2D eigenvalue weighted by Gasteiger charge is -2.13. The second kappa shape index (κ2) is 3.87. The summed E-state index contributed by atoms with van der Waals surface area (Å²) >= 11 is 5.67. The number of hydrogen-bond acceptors (Lipinski definition) is 3. The minimum Gasteiger partial charge on any atom is -0.366 e. The van der Waals surface area contributed by atoms with Gasteiger partial charge in [0.2, 0.25) is 0 Å². The number of benzene rings is 1. The number of nitrogens with two attached hydrogens (primary N) is 1. The topological polar surface area (TPSA) is 66.5 Å². The fourth-order valence-corrected chi connectivity index (χ4v) is 1.08. The van der Waals surface area contributed by atoms with E-state index in [1.165, 1.54) is 0 Å². The molecule has 1 rings (SSSR count).